The van der Waals surface area contributed by atoms with Gasteiger partial charge in [0.05, 0.1) is 13.2 Å². The van der Waals surface area contributed by atoms with Crippen LogP contribution >= 0.6 is 12.4 Å². The predicted molar refractivity (Wildman–Crippen MR) is 91.5 cm³/mol. The van der Waals surface area contributed by atoms with Gasteiger partial charge in [-0.1, -0.05) is 25.0 Å². The van der Waals surface area contributed by atoms with Crippen molar-refractivity contribution in [3.05, 3.63) is 35.6 Å². The van der Waals surface area contributed by atoms with Crippen molar-refractivity contribution in [2.75, 3.05) is 33.4 Å². The number of methoxy groups -OCH3 is 1. The van der Waals surface area contributed by atoms with Crippen molar-refractivity contribution in [2.24, 2.45) is 0 Å². The Balaban J connectivity index is 0.00000264. The summed E-state index contributed by atoms with van der Waals surface area (Å²) in [5, 5.41) is 6.05. The number of carbonyl (C=O) groups excluding carboxylic acids is 1. The Bertz CT molecular complexity index is 476. The van der Waals surface area contributed by atoms with Gasteiger partial charge < -0.3 is 15.4 Å². The third-order valence-corrected chi connectivity index (χ3v) is 4.41. The fourth-order valence-electron chi connectivity index (χ4n) is 3.13. The van der Waals surface area contributed by atoms with Crippen molar-refractivity contribution in [3.63, 3.8) is 0 Å². The van der Waals surface area contributed by atoms with Crippen molar-refractivity contribution in [3.8, 4) is 0 Å². The summed E-state index contributed by atoms with van der Waals surface area (Å²) in [7, 11) is 1.63. The molecule has 4 nitrogen and oxygen atoms in total. The lowest BCUT2D eigenvalue weighted by molar-refractivity contribution is -0.120. The van der Waals surface area contributed by atoms with Crippen molar-refractivity contribution < 1.29 is 13.9 Å². The first-order valence-electron chi connectivity index (χ1n) is 7.89. The summed E-state index contributed by atoms with van der Waals surface area (Å²) in [5.74, 6) is -0.229. The molecular weight excluding hydrogens is 319 g/mol. The van der Waals surface area contributed by atoms with Gasteiger partial charge in [-0.05, 0) is 30.5 Å². The molecule has 0 spiro atoms. The molecule has 1 aliphatic carbocycles. The van der Waals surface area contributed by atoms with Crippen LogP contribution in [0.1, 0.15) is 31.2 Å². The van der Waals surface area contributed by atoms with Gasteiger partial charge in [-0.2, -0.15) is 0 Å². The van der Waals surface area contributed by atoms with E-state index in [1.54, 1.807) is 7.11 Å². The van der Waals surface area contributed by atoms with Gasteiger partial charge in [0.2, 0.25) is 5.91 Å². The van der Waals surface area contributed by atoms with Crippen molar-refractivity contribution in [1.29, 1.82) is 0 Å². The fourth-order valence-corrected chi connectivity index (χ4v) is 3.13. The van der Waals surface area contributed by atoms with Gasteiger partial charge in [-0.15, -0.1) is 12.4 Å². The van der Waals surface area contributed by atoms with Gasteiger partial charge in [0, 0.05) is 25.6 Å². The van der Waals surface area contributed by atoms with Crippen LogP contribution in [0.5, 0.6) is 0 Å². The van der Waals surface area contributed by atoms with Gasteiger partial charge in [-0.3, -0.25) is 4.79 Å². The summed E-state index contributed by atoms with van der Waals surface area (Å²) in [6, 6.07) is 6.71. The number of ether oxygens (including phenoxy) is 1. The minimum absolute atomic E-state index is 0. The monoisotopic (exact) mass is 344 g/mol. The molecule has 23 heavy (non-hydrogen) atoms. The Morgan fingerprint density at radius 1 is 1.26 bits per heavy atom. The van der Waals surface area contributed by atoms with E-state index in [0.29, 0.717) is 26.2 Å². The van der Waals surface area contributed by atoms with E-state index >= 15 is 0 Å². The highest BCUT2D eigenvalue weighted by atomic mass is 35.5. The van der Waals surface area contributed by atoms with Crippen LogP contribution in [0.25, 0.3) is 0 Å². The zero-order chi connectivity index (χ0) is 15.8. The zero-order valence-corrected chi connectivity index (χ0v) is 14.4. The first-order valence-corrected chi connectivity index (χ1v) is 7.89. The molecular formula is C17H26ClFN2O2. The molecule has 1 aromatic carbocycles. The average molecular weight is 345 g/mol. The van der Waals surface area contributed by atoms with Crippen molar-refractivity contribution >= 4 is 18.3 Å². The molecule has 1 aromatic rings. The topological polar surface area (TPSA) is 50.4 Å². The van der Waals surface area contributed by atoms with Crippen molar-refractivity contribution in [2.45, 2.75) is 31.1 Å². The molecule has 1 aliphatic rings. The number of benzene rings is 1. The Morgan fingerprint density at radius 2 is 1.91 bits per heavy atom. The number of amides is 1. The zero-order valence-electron chi connectivity index (χ0n) is 13.6. The molecule has 6 heteroatoms. The maximum atomic E-state index is 13.1. The maximum absolute atomic E-state index is 13.1. The Kier molecular flexibility index (Phi) is 8.52. The lowest BCUT2D eigenvalue weighted by Crippen LogP contribution is -2.42. The van der Waals surface area contributed by atoms with E-state index in [1.807, 2.05) is 12.1 Å². The van der Waals surface area contributed by atoms with Crippen LogP contribution in [0.4, 0.5) is 4.39 Å². The summed E-state index contributed by atoms with van der Waals surface area (Å²) >= 11 is 0. The minimum Gasteiger partial charge on any atom is -0.383 e. The van der Waals surface area contributed by atoms with E-state index in [9.17, 15) is 9.18 Å². The molecule has 0 aliphatic heterocycles. The molecule has 1 amide bonds. The second-order valence-electron chi connectivity index (χ2n) is 5.94. The molecule has 0 unspecified atom stereocenters. The summed E-state index contributed by atoms with van der Waals surface area (Å²) in [4.78, 5) is 11.9. The lowest BCUT2D eigenvalue weighted by Gasteiger charge is -2.30. The Hall–Kier alpha value is -1.17. The predicted octanol–water partition coefficient (Wildman–Crippen LogP) is 2.41. The van der Waals surface area contributed by atoms with Gasteiger partial charge in [0.15, 0.2) is 0 Å². The number of hydrogen-bond acceptors (Lipinski definition) is 3. The lowest BCUT2D eigenvalue weighted by atomic mass is 9.79. The highest BCUT2D eigenvalue weighted by Crippen LogP contribution is 2.40. The van der Waals surface area contributed by atoms with E-state index in [4.69, 9.17) is 4.74 Å². The Labute approximate surface area is 143 Å². The minimum atomic E-state index is -0.219. The Morgan fingerprint density at radius 3 is 2.52 bits per heavy atom. The summed E-state index contributed by atoms with van der Waals surface area (Å²) < 4.78 is 18.0. The van der Waals surface area contributed by atoms with E-state index in [1.165, 1.54) is 12.1 Å². The molecule has 0 saturated heterocycles. The number of nitrogens with one attached hydrogen (secondary N) is 2. The standard InChI is InChI=1S/C17H25FN2O2.ClH/c1-22-11-10-19-12-16(21)20-13-17(8-2-3-9-17)14-4-6-15(18)7-5-14;/h4-7,19H,2-3,8-13H2,1H3,(H,20,21);1H. The van der Waals surface area contributed by atoms with E-state index in [2.05, 4.69) is 10.6 Å². The van der Waals surface area contributed by atoms with Gasteiger partial charge in [-0.25, -0.2) is 4.39 Å². The van der Waals surface area contributed by atoms with Crippen LogP contribution in [0.3, 0.4) is 0 Å². The third-order valence-electron chi connectivity index (χ3n) is 4.41. The van der Waals surface area contributed by atoms with Crippen LogP contribution < -0.4 is 10.6 Å². The molecule has 0 aromatic heterocycles. The molecule has 0 bridgehead atoms. The van der Waals surface area contributed by atoms with E-state index < -0.39 is 0 Å². The molecule has 130 valence electrons. The van der Waals surface area contributed by atoms with Gasteiger partial charge in [0.25, 0.3) is 0 Å². The summed E-state index contributed by atoms with van der Waals surface area (Å²) in [5.41, 5.74) is 1.08. The van der Waals surface area contributed by atoms with Crippen molar-refractivity contribution in [1.82, 2.24) is 10.6 Å². The highest BCUT2D eigenvalue weighted by molar-refractivity contribution is 5.85. The maximum Gasteiger partial charge on any atom is 0.233 e. The number of carbonyl (C=O) groups is 1. The molecule has 1 fully saturated rings. The van der Waals surface area contributed by atoms with Gasteiger partial charge in [0.1, 0.15) is 5.82 Å². The van der Waals surface area contributed by atoms with E-state index in [0.717, 1.165) is 31.2 Å². The van der Waals surface area contributed by atoms with Crippen LogP contribution in [0, 0.1) is 5.82 Å². The van der Waals surface area contributed by atoms with Crippen LogP contribution in [0.2, 0.25) is 0 Å². The first-order chi connectivity index (χ1) is 10.7. The molecule has 2 N–H and O–H groups in total. The molecule has 2 rings (SSSR count). The second-order valence-corrected chi connectivity index (χ2v) is 5.94. The number of rotatable bonds is 8. The smallest absolute Gasteiger partial charge is 0.233 e. The van der Waals surface area contributed by atoms with Gasteiger partial charge >= 0.3 is 0 Å². The highest BCUT2D eigenvalue weighted by Gasteiger charge is 2.35. The largest absolute Gasteiger partial charge is 0.383 e. The van der Waals surface area contributed by atoms with Crippen LogP contribution in [0.15, 0.2) is 24.3 Å². The second kappa shape index (κ2) is 9.85. The quantitative estimate of drug-likeness (QED) is 0.712. The number of halogens is 2. The summed E-state index contributed by atoms with van der Waals surface area (Å²) in [6.45, 7) is 2.16. The number of hydrogen-bond donors (Lipinski definition) is 2. The van der Waals surface area contributed by atoms with E-state index in [-0.39, 0.29) is 29.5 Å². The fraction of sp³-hybridized carbons (Fsp3) is 0.588. The molecule has 0 atom stereocenters. The average Bonchev–Trinajstić information content (AvgIpc) is 3.00. The SMILES string of the molecule is COCCNCC(=O)NCC1(c2ccc(F)cc2)CCCC1.Cl. The van der Waals surface area contributed by atoms with Crippen LogP contribution in [-0.4, -0.2) is 39.3 Å². The van der Waals surface area contributed by atoms with Crippen LogP contribution in [-0.2, 0) is 14.9 Å². The molecule has 1 saturated carbocycles. The molecule has 0 heterocycles. The third kappa shape index (κ3) is 5.75. The molecule has 0 radical (unpaired) electrons. The first kappa shape index (κ1) is 19.9. The normalized spacial score (nSPS) is 15.9. The summed E-state index contributed by atoms with van der Waals surface area (Å²) in [6.07, 6.45) is 4.38.